The summed E-state index contributed by atoms with van der Waals surface area (Å²) >= 11 is 12.0. The molecule has 0 aliphatic carbocycles. The molecule has 0 fully saturated rings. The normalized spacial score (nSPS) is 24.1. The third-order valence-corrected chi connectivity index (χ3v) is 3.46. The van der Waals surface area contributed by atoms with Crippen molar-refractivity contribution in [3.63, 3.8) is 0 Å². The van der Waals surface area contributed by atoms with Gasteiger partial charge in [-0.3, -0.25) is 0 Å². The van der Waals surface area contributed by atoms with Crippen molar-refractivity contribution in [2.24, 2.45) is 9.98 Å². The van der Waals surface area contributed by atoms with Crippen LogP contribution in [0, 0.1) is 6.92 Å². The van der Waals surface area contributed by atoms with Gasteiger partial charge in [0.2, 0.25) is 0 Å². The van der Waals surface area contributed by atoms with E-state index in [4.69, 9.17) is 27.9 Å². The maximum atomic E-state index is 6.04. The van der Waals surface area contributed by atoms with E-state index in [9.17, 15) is 0 Å². The molecule has 0 spiro atoms. The molecule has 1 aliphatic heterocycles. The molecule has 2 rings (SSSR count). The molecule has 0 atom stereocenters. The molecule has 100 valence electrons. The number of halogens is 2. The van der Waals surface area contributed by atoms with E-state index in [-0.39, 0.29) is 6.02 Å². The van der Waals surface area contributed by atoms with Crippen LogP contribution in [0.1, 0.15) is 24.0 Å². The Morgan fingerprint density at radius 1 is 1.21 bits per heavy atom. The van der Waals surface area contributed by atoms with Crippen LogP contribution in [-0.4, -0.2) is 18.8 Å². The minimum atomic E-state index is 0.267. The zero-order valence-corrected chi connectivity index (χ0v) is 12.3. The molecule has 0 unspecified atom stereocenters. The number of hydrogen-bond acceptors (Lipinski definition) is 3. The van der Waals surface area contributed by atoms with E-state index in [0.717, 1.165) is 34.7 Å². The highest BCUT2D eigenvalue weighted by Gasteiger charge is 2.10. The molecule has 1 aliphatic rings. The van der Waals surface area contributed by atoms with Gasteiger partial charge >= 0.3 is 6.02 Å². The number of aryl methyl sites for hydroxylation is 1. The highest BCUT2D eigenvalue weighted by Crippen LogP contribution is 2.20. The molecular weight excluding hydrogens is 283 g/mol. The monoisotopic (exact) mass is 296 g/mol. The van der Waals surface area contributed by atoms with Gasteiger partial charge in [-0.05, 0) is 49.1 Å². The first-order valence-corrected chi connectivity index (χ1v) is 6.68. The predicted octanol–water partition coefficient (Wildman–Crippen LogP) is 4.31. The third kappa shape index (κ3) is 3.58. The Morgan fingerprint density at radius 2 is 2.00 bits per heavy atom. The number of amidine groups is 1. The van der Waals surface area contributed by atoms with E-state index < -0.39 is 0 Å². The molecule has 1 heterocycles. The maximum absolute atomic E-state index is 6.04. The van der Waals surface area contributed by atoms with Crippen molar-refractivity contribution in [2.75, 3.05) is 7.11 Å². The Labute approximate surface area is 122 Å². The van der Waals surface area contributed by atoms with Crippen molar-refractivity contribution in [1.29, 1.82) is 0 Å². The molecule has 0 aromatic heterocycles. The number of rotatable bonds is 1. The SMILES string of the molecule is COC1=N/C(Cl)=C/CC/C(c2ccc(Cl)c(C)c2)=N\1. The first kappa shape index (κ1) is 14.1. The lowest BCUT2D eigenvalue weighted by Crippen LogP contribution is -2.09. The fourth-order valence-corrected chi connectivity index (χ4v) is 2.08. The van der Waals surface area contributed by atoms with Gasteiger partial charge in [-0.15, -0.1) is 0 Å². The highest BCUT2D eigenvalue weighted by molar-refractivity contribution is 6.31. The highest BCUT2D eigenvalue weighted by atomic mass is 35.5. The van der Waals surface area contributed by atoms with Gasteiger partial charge in [0.05, 0.1) is 12.8 Å². The summed E-state index contributed by atoms with van der Waals surface area (Å²) in [5.74, 6) is 0. The lowest BCUT2D eigenvalue weighted by Gasteiger charge is -2.10. The van der Waals surface area contributed by atoms with E-state index >= 15 is 0 Å². The minimum Gasteiger partial charge on any atom is -0.467 e. The summed E-state index contributed by atoms with van der Waals surface area (Å²) < 4.78 is 5.11. The van der Waals surface area contributed by atoms with Gasteiger partial charge in [-0.25, -0.2) is 0 Å². The van der Waals surface area contributed by atoms with Crippen LogP contribution in [0.25, 0.3) is 0 Å². The number of allylic oxidation sites excluding steroid dienone is 1. The molecule has 0 saturated heterocycles. The van der Waals surface area contributed by atoms with Crippen LogP contribution in [0.2, 0.25) is 5.02 Å². The van der Waals surface area contributed by atoms with Crippen molar-refractivity contribution < 1.29 is 4.74 Å². The second-order valence-electron chi connectivity index (χ2n) is 4.19. The van der Waals surface area contributed by atoms with Gasteiger partial charge < -0.3 is 4.74 Å². The average molecular weight is 297 g/mol. The van der Waals surface area contributed by atoms with Crippen molar-refractivity contribution in [3.8, 4) is 0 Å². The molecule has 5 heteroatoms. The standard InChI is InChI=1S/C14H14Cl2N2O/c1-9-8-10(6-7-11(9)15)12-4-3-5-13(16)18-14(17-12)19-2/h5-8H,3-4H2,1-2H3/b13-5+,17-12+,18-14+. The smallest absolute Gasteiger partial charge is 0.317 e. The largest absolute Gasteiger partial charge is 0.467 e. The number of nitrogens with zero attached hydrogens (tertiary/aromatic N) is 2. The minimum absolute atomic E-state index is 0.267. The van der Waals surface area contributed by atoms with Crippen molar-refractivity contribution in [2.45, 2.75) is 19.8 Å². The molecular formula is C14H14Cl2N2O. The van der Waals surface area contributed by atoms with Gasteiger partial charge in [-0.1, -0.05) is 29.3 Å². The van der Waals surface area contributed by atoms with Crippen molar-refractivity contribution >= 4 is 34.9 Å². The first-order valence-electron chi connectivity index (χ1n) is 5.92. The lowest BCUT2D eigenvalue weighted by molar-refractivity contribution is 0.397. The van der Waals surface area contributed by atoms with Gasteiger partial charge in [0, 0.05) is 5.02 Å². The number of methoxy groups -OCH3 is 1. The van der Waals surface area contributed by atoms with Crippen LogP contribution in [0.5, 0.6) is 0 Å². The summed E-state index contributed by atoms with van der Waals surface area (Å²) in [4.78, 5) is 8.50. The maximum Gasteiger partial charge on any atom is 0.317 e. The van der Waals surface area contributed by atoms with E-state index in [0.29, 0.717) is 5.16 Å². The predicted molar refractivity (Wildman–Crippen MR) is 80.3 cm³/mol. The zero-order chi connectivity index (χ0) is 13.8. The Hall–Kier alpha value is -1.32. The van der Waals surface area contributed by atoms with Crippen LogP contribution in [-0.2, 0) is 4.74 Å². The topological polar surface area (TPSA) is 34.0 Å². The lowest BCUT2D eigenvalue weighted by atomic mass is 10.0. The molecule has 3 nitrogen and oxygen atoms in total. The molecule has 0 radical (unpaired) electrons. The van der Waals surface area contributed by atoms with E-state index in [1.54, 1.807) is 0 Å². The third-order valence-electron chi connectivity index (χ3n) is 2.80. The Kier molecular flexibility index (Phi) is 4.61. The second-order valence-corrected chi connectivity index (χ2v) is 4.98. The van der Waals surface area contributed by atoms with E-state index in [1.807, 2.05) is 31.2 Å². The van der Waals surface area contributed by atoms with Crippen molar-refractivity contribution in [1.82, 2.24) is 0 Å². The van der Waals surface area contributed by atoms with Gasteiger partial charge in [-0.2, -0.15) is 9.98 Å². The average Bonchev–Trinajstić information content (AvgIpc) is 2.37. The second kappa shape index (κ2) is 6.22. The van der Waals surface area contributed by atoms with Gasteiger partial charge in [0.15, 0.2) is 0 Å². The van der Waals surface area contributed by atoms with E-state index in [2.05, 4.69) is 9.98 Å². The number of hydrogen-bond donors (Lipinski definition) is 0. The van der Waals surface area contributed by atoms with Crippen LogP contribution in [0.15, 0.2) is 39.4 Å². The number of benzene rings is 1. The summed E-state index contributed by atoms with van der Waals surface area (Å²) in [6.07, 6.45) is 3.43. The summed E-state index contributed by atoms with van der Waals surface area (Å²) in [6.45, 7) is 1.97. The van der Waals surface area contributed by atoms with E-state index in [1.165, 1.54) is 7.11 Å². The molecule has 19 heavy (non-hydrogen) atoms. The van der Waals surface area contributed by atoms with Crippen LogP contribution < -0.4 is 0 Å². The van der Waals surface area contributed by atoms with Crippen LogP contribution in [0.3, 0.4) is 0 Å². The molecule has 1 aromatic rings. The molecule has 0 bridgehead atoms. The summed E-state index contributed by atoms with van der Waals surface area (Å²) in [5.41, 5.74) is 2.97. The summed E-state index contributed by atoms with van der Waals surface area (Å²) in [5, 5.41) is 1.16. The molecule has 0 saturated carbocycles. The fourth-order valence-electron chi connectivity index (χ4n) is 1.79. The molecule has 0 amide bonds. The number of aliphatic imine (C=N–C) groups is 2. The Morgan fingerprint density at radius 3 is 2.68 bits per heavy atom. The Balaban J connectivity index is 2.40. The molecule has 0 N–H and O–H groups in total. The zero-order valence-electron chi connectivity index (χ0n) is 10.8. The van der Waals surface area contributed by atoms with Crippen LogP contribution >= 0.6 is 23.2 Å². The number of ether oxygens (including phenoxy) is 1. The van der Waals surface area contributed by atoms with Crippen molar-refractivity contribution in [3.05, 3.63) is 45.6 Å². The summed E-state index contributed by atoms with van der Waals surface area (Å²) in [7, 11) is 1.53. The van der Waals surface area contributed by atoms with Crippen LogP contribution in [0.4, 0.5) is 0 Å². The van der Waals surface area contributed by atoms with Gasteiger partial charge in [0.25, 0.3) is 0 Å². The quantitative estimate of drug-likeness (QED) is 0.711. The summed E-state index contributed by atoms with van der Waals surface area (Å²) in [6, 6.07) is 6.11. The Bertz CT molecular complexity index is 577. The fraction of sp³-hybridized carbons (Fsp3) is 0.286. The molecule has 1 aromatic carbocycles. The van der Waals surface area contributed by atoms with Gasteiger partial charge in [0.1, 0.15) is 5.16 Å². The first-order chi connectivity index (χ1) is 9.10.